The minimum Gasteiger partial charge on any atom is -0.490 e. The van der Waals surface area contributed by atoms with E-state index in [0.717, 1.165) is 33.2 Å². The third kappa shape index (κ3) is 5.23. The largest absolute Gasteiger partial charge is 0.490 e. The number of amides is 4. The minimum atomic E-state index is -1.14. The molecule has 10 nitrogen and oxygen atoms in total. The number of ether oxygens (including phenoxy) is 2. The highest BCUT2D eigenvalue weighted by Crippen LogP contribution is 2.41. The molecule has 0 spiro atoms. The Balaban J connectivity index is 1.66. The summed E-state index contributed by atoms with van der Waals surface area (Å²) in [5.41, 5.74) is 1.37. The number of methoxy groups -OCH3 is 1. The molecule has 204 valence electrons. The van der Waals surface area contributed by atoms with Crippen LogP contribution in [0.4, 0.5) is 15.3 Å². The van der Waals surface area contributed by atoms with Crippen LogP contribution >= 0.6 is 11.6 Å². The molecule has 0 radical (unpaired) electrons. The second-order valence-corrected chi connectivity index (χ2v) is 10.7. The molecule has 0 saturated carbocycles. The lowest BCUT2D eigenvalue weighted by Crippen LogP contribution is -2.71. The van der Waals surface area contributed by atoms with Crippen molar-refractivity contribution < 1.29 is 23.9 Å². The zero-order chi connectivity index (χ0) is 27.8. The van der Waals surface area contributed by atoms with Crippen LogP contribution in [-0.2, 0) is 16.1 Å². The second-order valence-electron chi connectivity index (χ2n) is 10.3. The number of esters is 1. The van der Waals surface area contributed by atoms with Gasteiger partial charge >= 0.3 is 18.0 Å². The van der Waals surface area contributed by atoms with Crippen LogP contribution in [0.1, 0.15) is 51.2 Å². The van der Waals surface area contributed by atoms with Gasteiger partial charge in [0.15, 0.2) is 0 Å². The van der Waals surface area contributed by atoms with E-state index in [1.54, 1.807) is 38.1 Å². The third-order valence-corrected chi connectivity index (χ3v) is 7.33. The number of nitrogens with zero attached hydrogens (tertiary/aromatic N) is 3. The van der Waals surface area contributed by atoms with Crippen LogP contribution in [0.3, 0.4) is 0 Å². The maximum absolute atomic E-state index is 13.8. The van der Waals surface area contributed by atoms with Gasteiger partial charge in [-0.3, -0.25) is 9.69 Å². The van der Waals surface area contributed by atoms with Gasteiger partial charge in [-0.05, 0) is 56.2 Å². The summed E-state index contributed by atoms with van der Waals surface area (Å²) in [7, 11) is 1.26. The van der Waals surface area contributed by atoms with E-state index in [9.17, 15) is 14.4 Å². The van der Waals surface area contributed by atoms with E-state index in [2.05, 4.69) is 19.2 Å². The predicted molar refractivity (Wildman–Crippen MR) is 143 cm³/mol. The number of halogens is 1. The summed E-state index contributed by atoms with van der Waals surface area (Å²) in [6.07, 6.45) is -0.0222. The number of anilines is 1. The summed E-state index contributed by atoms with van der Waals surface area (Å²) in [4.78, 5) is 41.8. The maximum atomic E-state index is 13.8. The lowest BCUT2D eigenvalue weighted by molar-refractivity contribution is -0.151. The van der Waals surface area contributed by atoms with E-state index < -0.39 is 29.7 Å². The molecule has 2 aliphatic rings. The van der Waals surface area contributed by atoms with Crippen molar-refractivity contribution in [1.29, 1.82) is 0 Å². The number of nitrogens with two attached hydrogens (primary N) is 1. The minimum absolute atomic E-state index is 0.0946. The van der Waals surface area contributed by atoms with Crippen LogP contribution in [0.5, 0.6) is 5.75 Å². The number of nitrogens with one attached hydrogen (secondary N) is 1. The summed E-state index contributed by atoms with van der Waals surface area (Å²) in [6, 6.07) is 11.4. The Hall–Kier alpha value is -3.50. The number of benzene rings is 2. The SMILES string of the molecule is CCC1Oc2ccc(NC3N(N)C(=O)N(CC(C)(C)C(=O)OC)C(=O)N3Cc3ccc(Cl)cc3)cc2C1C. The number of imide groups is 1. The molecule has 0 bridgehead atoms. The number of fused-ring (bicyclic) bond motifs is 1. The van der Waals surface area contributed by atoms with Gasteiger partial charge in [0.1, 0.15) is 11.9 Å². The number of rotatable bonds is 8. The van der Waals surface area contributed by atoms with Crippen LogP contribution in [0.25, 0.3) is 0 Å². The van der Waals surface area contributed by atoms with Crippen LogP contribution in [0.2, 0.25) is 5.02 Å². The molecule has 4 amide bonds. The van der Waals surface area contributed by atoms with Crippen LogP contribution in [0, 0.1) is 5.41 Å². The smallest absolute Gasteiger partial charge is 0.345 e. The lowest BCUT2D eigenvalue weighted by atomic mass is 9.93. The van der Waals surface area contributed by atoms with Gasteiger partial charge in [0.2, 0.25) is 6.29 Å². The van der Waals surface area contributed by atoms with Crippen molar-refractivity contribution in [3.8, 4) is 5.75 Å². The molecule has 3 N–H and O–H groups in total. The standard InChI is InChI=1S/C27H34ClN5O5/c1-6-21-16(2)20-13-19(11-12-22(20)38-21)30-24-31(14-17-7-9-18(28)10-8-17)25(35)32(26(36)33(24)29)15-27(3,4)23(34)37-5/h7-13,16,21,24,30H,6,14-15,29H2,1-5H3. The Morgan fingerprint density at radius 1 is 1.16 bits per heavy atom. The highest BCUT2D eigenvalue weighted by molar-refractivity contribution is 6.30. The fourth-order valence-electron chi connectivity index (χ4n) is 4.85. The van der Waals surface area contributed by atoms with Crippen molar-refractivity contribution >= 4 is 35.3 Å². The van der Waals surface area contributed by atoms with Crippen molar-refractivity contribution in [2.75, 3.05) is 19.0 Å². The first-order valence-corrected chi connectivity index (χ1v) is 12.9. The number of carbonyl (C=O) groups excluding carboxylic acids is 3. The average Bonchev–Trinajstić information content (AvgIpc) is 3.22. The highest BCUT2D eigenvalue weighted by atomic mass is 35.5. The van der Waals surface area contributed by atoms with Crippen LogP contribution < -0.4 is 15.9 Å². The summed E-state index contributed by atoms with van der Waals surface area (Å²) in [5.74, 6) is 6.80. The van der Waals surface area contributed by atoms with Crippen molar-refractivity contribution in [3.63, 3.8) is 0 Å². The topological polar surface area (TPSA) is 117 Å². The van der Waals surface area contributed by atoms with E-state index in [4.69, 9.17) is 26.9 Å². The predicted octanol–water partition coefficient (Wildman–Crippen LogP) is 4.74. The van der Waals surface area contributed by atoms with Crippen molar-refractivity contribution in [1.82, 2.24) is 14.8 Å². The first-order valence-electron chi connectivity index (χ1n) is 12.5. The zero-order valence-electron chi connectivity index (χ0n) is 22.2. The number of urea groups is 2. The van der Waals surface area contributed by atoms with Gasteiger partial charge in [-0.15, -0.1) is 0 Å². The maximum Gasteiger partial charge on any atom is 0.345 e. The normalized spacial score (nSPS) is 21.3. The molecule has 4 rings (SSSR count). The van der Waals surface area contributed by atoms with Gasteiger partial charge in [0.25, 0.3) is 0 Å². The van der Waals surface area contributed by atoms with Gasteiger partial charge < -0.3 is 14.8 Å². The van der Waals surface area contributed by atoms with Gasteiger partial charge in [0.05, 0.1) is 19.1 Å². The van der Waals surface area contributed by atoms with Gasteiger partial charge in [-0.25, -0.2) is 25.3 Å². The first-order chi connectivity index (χ1) is 18.0. The molecule has 1 saturated heterocycles. The molecule has 2 aliphatic heterocycles. The molecule has 0 aliphatic carbocycles. The van der Waals surface area contributed by atoms with E-state index >= 15 is 0 Å². The van der Waals surface area contributed by atoms with Gasteiger partial charge in [-0.1, -0.05) is 37.6 Å². The average molecular weight is 544 g/mol. The van der Waals surface area contributed by atoms with Crippen molar-refractivity contribution in [2.24, 2.45) is 11.3 Å². The zero-order valence-corrected chi connectivity index (χ0v) is 23.0. The molecule has 3 unspecified atom stereocenters. The molecule has 1 fully saturated rings. The highest BCUT2D eigenvalue weighted by Gasteiger charge is 2.46. The Morgan fingerprint density at radius 2 is 1.84 bits per heavy atom. The molecular weight excluding hydrogens is 510 g/mol. The summed E-state index contributed by atoms with van der Waals surface area (Å²) in [6.45, 7) is 7.32. The van der Waals surface area contributed by atoms with E-state index in [1.807, 2.05) is 18.2 Å². The quantitative estimate of drug-likeness (QED) is 0.280. The second kappa shape index (κ2) is 10.7. The number of hydrazine groups is 1. The molecular formula is C27H34ClN5O5. The molecule has 3 atom stereocenters. The summed E-state index contributed by atoms with van der Waals surface area (Å²) in [5, 5.41) is 4.78. The van der Waals surface area contributed by atoms with Crippen molar-refractivity contribution in [2.45, 2.75) is 59.0 Å². The number of hydrogen-bond acceptors (Lipinski definition) is 7. The Kier molecular flexibility index (Phi) is 7.75. The van der Waals surface area contributed by atoms with Gasteiger partial charge in [-0.2, -0.15) is 0 Å². The molecule has 0 aromatic heterocycles. The molecule has 11 heteroatoms. The Morgan fingerprint density at radius 3 is 2.47 bits per heavy atom. The van der Waals surface area contributed by atoms with E-state index in [0.29, 0.717) is 10.7 Å². The molecule has 2 aromatic rings. The monoisotopic (exact) mass is 543 g/mol. The van der Waals surface area contributed by atoms with Gasteiger partial charge in [0, 0.05) is 28.7 Å². The molecule has 2 aromatic carbocycles. The first kappa shape index (κ1) is 27.5. The van der Waals surface area contributed by atoms with E-state index in [1.165, 1.54) is 12.0 Å². The molecule has 38 heavy (non-hydrogen) atoms. The van der Waals surface area contributed by atoms with Crippen LogP contribution in [-0.4, -0.2) is 58.9 Å². The number of carbonyl (C=O) groups is 3. The fourth-order valence-corrected chi connectivity index (χ4v) is 4.97. The van der Waals surface area contributed by atoms with E-state index in [-0.39, 0.29) is 25.1 Å². The lowest BCUT2D eigenvalue weighted by Gasteiger charge is -2.46. The number of hydrogen-bond donors (Lipinski definition) is 2. The summed E-state index contributed by atoms with van der Waals surface area (Å²) < 4.78 is 10.9. The molecule has 2 heterocycles. The summed E-state index contributed by atoms with van der Waals surface area (Å²) >= 11 is 6.05. The Labute approximate surface area is 227 Å². The van der Waals surface area contributed by atoms with Crippen LogP contribution in [0.15, 0.2) is 42.5 Å². The Bertz CT molecular complexity index is 1220. The third-order valence-electron chi connectivity index (χ3n) is 7.08. The fraction of sp³-hybridized carbons (Fsp3) is 0.444. The van der Waals surface area contributed by atoms with Crippen molar-refractivity contribution in [3.05, 3.63) is 58.6 Å².